The van der Waals surface area contributed by atoms with Crippen molar-refractivity contribution in [2.75, 3.05) is 0 Å². The molecule has 4 nitrogen and oxygen atoms in total. The minimum absolute atomic E-state index is 0.158. The van der Waals surface area contributed by atoms with Gasteiger partial charge in [0.05, 0.1) is 17.2 Å². The first-order chi connectivity index (χ1) is 12.7. The minimum Gasteiger partial charge on any atom is -0.507 e. The molecule has 2 aromatic carbocycles. The molecule has 1 atom stereocenters. The van der Waals surface area contributed by atoms with Gasteiger partial charge in [-0.15, -0.1) is 0 Å². The maximum atomic E-state index is 13.1. The highest BCUT2D eigenvalue weighted by atomic mass is 19.4. The number of aromatic hydroxyl groups is 1. The van der Waals surface area contributed by atoms with E-state index in [0.717, 1.165) is 18.6 Å². The zero-order valence-corrected chi connectivity index (χ0v) is 14.5. The molecule has 0 bridgehead atoms. The van der Waals surface area contributed by atoms with Gasteiger partial charge in [0.2, 0.25) is 0 Å². The van der Waals surface area contributed by atoms with Crippen LogP contribution < -0.4 is 5.73 Å². The number of alkyl halides is 3. The highest BCUT2D eigenvalue weighted by molar-refractivity contribution is 6.17. The normalized spacial score (nSPS) is 13.1. The molecule has 3 aromatic rings. The van der Waals surface area contributed by atoms with Crippen molar-refractivity contribution in [2.24, 2.45) is 5.73 Å². The number of phenols is 1. The minimum atomic E-state index is -4.78. The Kier molecular flexibility index (Phi) is 4.97. The van der Waals surface area contributed by atoms with Crippen LogP contribution in [0.5, 0.6) is 5.75 Å². The van der Waals surface area contributed by atoms with Crippen molar-refractivity contribution < 1.29 is 27.5 Å². The van der Waals surface area contributed by atoms with Crippen LogP contribution in [0.25, 0.3) is 11.0 Å². The molecule has 0 fully saturated rings. The zero-order chi connectivity index (χ0) is 19.8. The first-order valence-electron chi connectivity index (χ1n) is 8.46. The van der Waals surface area contributed by atoms with Crippen LogP contribution in [0, 0.1) is 0 Å². The standard InChI is InChI=1S/C20H18F3NO3/c1-2-5-14(24)19-17(12-6-3-4-7-16(12)27-19)18(26)11-8-9-15(25)13(10-11)20(21,22)23/h3-4,6-10,14,25H,2,5,24H2,1H3. The Labute approximate surface area is 153 Å². The lowest BCUT2D eigenvalue weighted by atomic mass is 9.95. The molecule has 1 aromatic heterocycles. The van der Waals surface area contributed by atoms with Crippen LogP contribution in [-0.4, -0.2) is 10.9 Å². The van der Waals surface area contributed by atoms with Crippen molar-refractivity contribution in [3.63, 3.8) is 0 Å². The number of halogens is 3. The summed E-state index contributed by atoms with van der Waals surface area (Å²) >= 11 is 0. The number of nitrogens with two attached hydrogens (primary N) is 1. The predicted molar refractivity (Wildman–Crippen MR) is 94.6 cm³/mol. The summed E-state index contributed by atoms with van der Waals surface area (Å²) in [5, 5.41) is 9.99. The van der Waals surface area contributed by atoms with E-state index in [9.17, 15) is 23.1 Å². The third kappa shape index (κ3) is 3.55. The molecular weight excluding hydrogens is 359 g/mol. The average Bonchev–Trinajstić information content (AvgIpc) is 3.00. The van der Waals surface area contributed by atoms with E-state index >= 15 is 0 Å². The van der Waals surface area contributed by atoms with E-state index in [4.69, 9.17) is 10.2 Å². The maximum absolute atomic E-state index is 13.1. The van der Waals surface area contributed by atoms with E-state index in [1.165, 1.54) is 0 Å². The van der Waals surface area contributed by atoms with E-state index in [-0.39, 0.29) is 16.9 Å². The Hall–Kier alpha value is -2.80. The van der Waals surface area contributed by atoms with Gasteiger partial charge in [-0.3, -0.25) is 4.79 Å². The second-order valence-corrected chi connectivity index (χ2v) is 6.29. The van der Waals surface area contributed by atoms with Gasteiger partial charge in [0.15, 0.2) is 5.78 Å². The van der Waals surface area contributed by atoms with Crippen LogP contribution in [0.15, 0.2) is 46.9 Å². The highest BCUT2D eigenvalue weighted by Gasteiger charge is 2.35. The molecule has 0 spiro atoms. The summed E-state index contributed by atoms with van der Waals surface area (Å²) in [4.78, 5) is 13.1. The van der Waals surface area contributed by atoms with Gasteiger partial charge in [-0.25, -0.2) is 0 Å². The number of benzene rings is 2. The monoisotopic (exact) mass is 377 g/mol. The van der Waals surface area contributed by atoms with Crippen molar-refractivity contribution in [3.05, 3.63) is 64.9 Å². The molecule has 0 amide bonds. The Bertz CT molecular complexity index is 992. The van der Waals surface area contributed by atoms with Gasteiger partial charge in [0.1, 0.15) is 17.1 Å². The molecule has 0 saturated heterocycles. The zero-order valence-electron chi connectivity index (χ0n) is 14.5. The maximum Gasteiger partial charge on any atom is 0.419 e. The fraction of sp³-hybridized carbons (Fsp3) is 0.250. The van der Waals surface area contributed by atoms with E-state index < -0.39 is 29.3 Å². The van der Waals surface area contributed by atoms with Crippen LogP contribution >= 0.6 is 0 Å². The molecule has 3 N–H and O–H groups in total. The Morgan fingerprint density at radius 1 is 1.22 bits per heavy atom. The van der Waals surface area contributed by atoms with Crippen LogP contribution in [-0.2, 0) is 6.18 Å². The Morgan fingerprint density at radius 3 is 2.59 bits per heavy atom. The lowest BCUT2D eigenvalue weighted by Crippen LogP contribution is -2.14. The summed E-state index contributed by atoms with van der Waals surface area (Å²) in [6.45, 7) is 1.93. The van der Waals surface area contributed by atoms with Gasteiger partial charge in [-0.05, 0) is 30.7 Å². The number of carbonyl (C=O) groups is 1. The SMILES string of the molecule is CCCC(N)c1oc2ccccc2c1C(=O)c1ccc(O)c(C(F)(F)F)c1. The highest BCUT2D eigenvalue weighted by Crippen LogP contribution is 2.38. The van der Waals surface area contributed by atoms with Crippen molar-refractivity contribution in [1.29, 1.82) is 0 Å². The number of para-hydroxylation sites is 1. The topological polar surface area (TPSA) is 76.5 Å². The average molecular weight is 377 g/mol. The number of carbonyl (C=O) groups excluding carboxylic acids is 1. The molecule has 27 heavy (non-hydrogen) atoms. The number of fused-ring (bicyclic) bond motifs is 1. The molecule has 0 aliphatic heterocycles. The van der Waals surface area contributed by atoms with Crippen molar-refractivity contribution in [2.45, 2.75) is 32.0 Å². The van der Waals surface area contributed by atoms with Crippen molar-refractivity contribution >= 4 is 16.8 Å². The van der Waals surface area contributed by atoms with Crippen LogP contribution in [0.4, 0.5) is 13.2 Å². The van der Waals surface area contributed by atoms with Crippen LogP contribution in [0.3, 0.4) is 0 Å². The quantitative estimate of drug-likeness (QED) is 0.600. The molecule has 142 valence electrons. The number of rotatable bonds is 5. The van der Waals surface area contributed by atoms with Gasteiger partial charge >= 0.3 is 6.18 Å². The third-order valence-corrected chi connectivity index (χ3v) is 4.35. The number of furan rings is 1. The summed E-state index contributed by atoms with van der Waals surface area (Å²) in [5.74, 6) is -1.31. The molecule has 0 saturated carbocycles. The van der Waals surface area contributed by atoms with Gasteiger partial charge < -0.3 is 15.3 Å². The molecular formula is C20H18F3NO3. The van der Waals surface area contributed by atoms with Crippen LogP contribution in [0.2, 0.25) is 0 Å². The predicted octanol–water partition coefficient (Wildman–Crippen LogP) is 5.19. The molecule has 0 aliphatic rings. The molecule has 0 aliphatic carbocycles. The second-order valence-electron chi connectivity index (χ2n) is 6.29. The van der Waals surface area contributed by atoms with Crippen molar-refractivity contribution in [1.82, 2.24) is 0 Å². The van der Waals surface area contributed by atoms with E-state index in [1.807, 2.05) is 6.92 Å². The molecule has 3 rings (SSSR count). The van der Waals surface area contributed by atoms with Crippen molar-refractivity contribution in [3.8, 4) is 5.75 Å². The summed E-state index contributed by atoms with van der Waals surface area (Å²) in [7, 11) is 0. The van der Waals surface area contributed by atoms with Gasteiger partial charge in [-0.1, -0.05) is 31.5 Å². The Morgan fingerprint density at radius 2 is 1.93 bits per heavy atom. The molecule has 1 heterocycles. The molecule has 0 radical (unpaired) electrons. The molecule has 1 unspecified atom stereocenters. The summed E-state index contributed by atoms with van der Waals surface area (Å²) in [6.07, 6.45) is -3.47. The fourth-order valence-corrected chi connectivity index (χ4v) is 3.05. The summed E-state index contributed by atoms with van der Waals surface area (Å²) in [6, 6.07) is 8.90. The van der Waals surface area contributed by atoms with E-state index in [1.54, 1.807) is 24.3 Å². The summed E-state index contributed by atoms with van der Waals surface area (Å²) < 4.78 is 45.0. The van der Waals surface area contributed by atoms with E-state index in [2.05, 4.69) is 0 Å². The molecule has 7 heteroatoms. The smallest absolute Gasteiger partial charge is 0.419 e. The summed E-state index contributed by atoms with van der Waals surface area (Å²) in [5.41, 5.74) is 5.28. The first-order valence-corrected chi connectivity index (χ1v) is 8.46. The number of phenolic OH excluding ortho intramolecular Hbond substituents is 1. The fourth-order valence-electron chi connectivity index (χ4n) is 3.05. The second kappa shape index (κ2) is 7.08. The third-order valence-electron chi connectivity index (χ3n) is 4.35. The largest absolute Gasteiger partial charge is 0.507 e. The lowest BCUT2D eigenvalue weighted by molar-refractivity contribution is -0.138. The van der Waals surface area contributed by atoms with Gasteiger partial charge in [0, 0.05) is 10.9 Å². The number of ketones is 1. The number of hydrogen-bond acceptors (Lipinski definition) is 4. The van der Waals surface area contributed by atoms with Gasteiger partial charge in [0.25, 0.3) is 0 Å². The Balaban J connectivity index is 2.17. The first kappa shape index (κ1) is 19.0. The van der Waals surface area contributed by atoms with E-state index in [0.29, 0.717) is 23.5 Å². The van der Waals surface area contributed by atoms with Crippen LogP contribution in [0.1, 0.15) is 53.1 Å². The van der Waals surface area contributed by atoms with Gasteiger partial charge in [-0.2, -0.15) is 13.2 Å². The lowest BCUT2D eigenvalue weighted by Gasteiger charge is -2.12. The number of hydrogen-bond donors (Lipinski definition) is 2.